The zero-order valence-electron chi connectivity index (χ0n) is 15.1. The second kappa shape index (κ2) is 7.60. The number of nitrogens with zero attached hydrogens (tertiary/aromatic N) is 1. The summed E-state index contributed by atoms with van der Waals surface area (Å²) in [5.74, 6) is -0.115. The number of benzene rings is 2. The SMILES string of the molecule is CC(C(=O)Nc1cccc(CS(C)(=O)=O)c1)N1CCc2ccccc2C1. The van der Waals surface area contributed by atoms with Crippen LogP contribution < -0.4 is 5.32 Å². The first-order valence-electron chi connectivity index (χ1n) is 8.70. The molecule has 1 amide bonds. The van der Waals surface area contributed by atoms with Gasteiger partial charge in [0.2, 0.25) is 5.91 Å². The maximum Gasteiger partial charge on any atom is 0.241 e. The molecule has 0 aliphatic carbocycles. The van der Waals surface area contributed by atoms with Crippen LogP contribution in [-0.4, -0.2) is 38.1 Å². The molecule has 0 fully saturated rings. The highest BCUT2D eigenvalue weighted by Gasteiger charge is 2.25. The minimum atomic E-state index is -3.11. The molecule has 1 unspecified atom stereocenters. The summed E-state index contributed by atoms with van der Waals surface area (Å²) in [6, 6.07) is 15.1. The van der Waals surface area contributed by atoms with Crippen LogP contribution >= 0.6 is 0 Å². The van der Waals surface area contributed by atoms with Crippen molar-refractivity contribution in [1.82, 2.24) is 4.90 Å². The summed E-state index contributed by atoms with van der Waals surface area (Å²) in [7, 11) is -3.11. The van der Waals surface area contributed by atoms with Gasteiger partial charge in [-0.25, -0.2) is 8.42 Å². The molecule has 0 spiro atoms. The van der Waals surface area contributed by atoms with Crippen molar-refractivity contribution in [2.75, 3.05) is 18.1 Å². The fourth-order valence-corrected chi connectivity index (χ4v) is 4.09. The summed E-state index contributed by atoms with van der Waals surface area (Å²) in [6.45, 7) is 3.52. The predicted molar refractivity (Wildman–Crippen MR) is 104 cm³/mol. The van der Waals surface area contributed by atoms with E-state index in [1.54, 1.807) is 24.3 Å². The normalized spacial score (nSPS) is 15.9. The molecule has 0 aromatic heterocycles. The van der Waals surface area contributed by atoms with Crippen LogP contribution in [0.25, 0.3) is 0 Å². The van der Waals surface area contributed by atoms with Gasteiger partial charge in [-0.3, -0.25) is 9.69 Å². The number of rotatable bonds is 5. The number of hydrogen-bond donors (Lipinski definition) is 1. The van der Waals surface area contributed by atoms with Crippen LogP contribution in [0.4, 0.5) is 5.69 Å². The van der Waals surface area contributed by atoms with Gasteiger partial charge in [0.25, 0.3) is 0 Å². The molecule has 26 heavy (non-hydrogen) atoms. The van der Waals surface area contributed by atoms with Gasteiger partial charge < -0.3 is 5.32 Å². The van der Waals surface area contributed by atoms with E-state index >= 15 is 0 Å². The van der Waals surface area contributed by atoms with Gasteiger partial charge in [0.1, 0.15) is 0 Å². The molecule has 1 atom stereocenters. The van der Waals surface area contributed by atoms with E-state index < -0.39 is 9.84 Å². The number of hydrogen-bond acceptors (Lipinski definition) is 4. The summed E-state index contributed by atoms with van der Waals surface area (Å²) in [5.41, 5.74) is 3.92. The molecule has 1 aliphatic rings. The lowest BCUT2D eigenvalue weighted by Crippen LogP contribution is -2.44. The number of carbonyl (C=O) groups excluding carboxylic acids is 1. The molecule has 0 saturated heterocycles. The fraction of sp³-hybridized carbons (Fsp3) is 0.350. The van der Waals surface area contributed by atoms with Crippen molar-refractivity contribution in [3.63, 3.8) is 0 Å². The van der Waals surface area contributed by atoms with E-state index in [1.165, 1.54) is 17.4 Å². The zero-order chi connectivity index (χ0) is 18.7. The van der Waals surface area contributed by atoms with Crippen molar-refractivity contribution < 1.29 is 13.2 Å². The van der Waals surface area contributed by atoms with Gasteiger partial charge in [-0.05, 0) is 42.2 Å². The molecule has 3 rings (SSSR count). The fourth-order valence-electron chi connectivity index (χ4n) is 3.30. The summed E-state index contributed by atoms with van der Waals surface area (Å²) >= 11 is 0. The van der Waals surface area contributed by atoms with Gasteiger partial charge >= 0.3 is 0 Å². The van der Waals surface area contributed by atoms with E-state index in [0.29, 0.717) is 11.3 Å². The summed E-state index contributed by atoms with van der Waals surface area (Å²) < 4.78 is 22.9. The molecule has 0 radical (unpaired) electrons. The van der Waals surface area contributed by atoms with Crippen molar-refractivity contribution in [3.05, 3.63) is 65.2 Å². The average molecular weight is 372 g/mol. The summed E-state index contributed by atoms with van der Waals surface area (Å²) in [4.78, 5) is 14.8. The third-order valence-corrected chi connectivity index (χ3v) is 5.57. The van der Waals surface area contributed by atoms with Gasteiger partial charge in [-0.1, -0.05) is 36.4 Å². The Labute approximate surface area is 154 Å². The molecule has 138 valence electrons. The molecule has 2 aromatic carbocycles. The Balaban J connectivity index is 1.66. The van der Waals surface area contributed by atoms with E-state index in [9.17, 15) is 13.2 Å². The Morgan fingerprint density at radius 1 is 1.15 bits per heavy atom. The lowest BCUT2D eigenvalue weighted by atomic mass is 9.99. The Bertz CT molecular complexity index is 909. The molecule has 1 N–H and O–H groups in total. The topological polar surface area (TPSA) is 66.5 Å². The predicted octanol–water partition coefficient (Wildman–Crippen LogP) is 2.62. The van der Waals surface area contributed by atoms with Crippen molar-refractivity contribution in [3.8, 4) is 0 Å². The second-order valence-electron chi connectivity index (χ2n) is 6.92. The van der Waals surface area contributed by atoms with Gasteiger partial charge in [0.05, 0.1) is 11.8 Å². The number of carbonyl (C=O) groups is 1. The minimum Gasteiger partial charge on any atom is -0.325 e. The molecule has 5 nitrogen and oxygen atoms in total. The van der Waals surface area contributed by atoms with Crippen LogP contribution in [0, 0.1) is 0 Å². The number of amides is 1. The zero-order valence-corrected chi connectivity index (χ0v) is 15.9. The van der Waals surface area contributed by atoms with E-state index in [0.717, 1.165) is 19.5 Å². The van der Waals surface area contributed by atoms with E-state index in [-0.39, 0.29) is 17.7 Å². The van der Waals surface area contributed by atoms with E-state index in [4.69, 9.17) is 0 Å². The quantitative estimate of drug-likeness (QED) is 0.876. The van der Waals surface area contributed by atoms with E-state index in [1.807, 2.05) is 19.1 Å². The molecule has 1 aliphatic heterocycles. The molecule has 1 heterocycles. The first-order valence-corrected chi connectivity index (χ1v) is 10.8. The minimum absolute atomic E-state index is 0.0326. The van der Waals surface area contributed by atoms with Crippen LogP contribution in [0.15, 0.2) is 48.5 Å². The Morgan fingerprint density at radius 2 is 1.88 bits per heavy atom. The van der Waals surface area contributed by atoms with Gasteiger partial charge in [0, 0.05) is 25.0 Å². The highest BCUT2D eigenvalue weighted by molar-refractivity contribution is 7.89. The Hall–Kier alpha value is -2.18. The van der Waals surface area contributed by atoms with Crippen LogP contribution in [0.5, 0.6) is 0 Å². The van der Waals surface area contributed by atoms with Gasteiger partial charge in [-0.2, -0.15) is 0 Å². The number of fused-ring (bicyclic) bond motifs is 1. The Kier molecular flexibility index (Phi) is 5.44. The molecule has 0 saturated carbocycles. The van der Waals surface area contributed by atoms with Gasteiger partial charge in [-0.15, -0.1) is 0 Å². The highest BCUT2D eigenvalue weighted by atomic mass is 32.2. The third-order valence-electron chi connectivity index (χ3n) is 4.71. The van der Waals surface area contributed by atoms with E-state index in [2.05, 4.69) is 22.3 Å². The Morgan fingerprint density at radius 3 is 2.62 bits per heavy atom. The molecule has 2 aromatic rings. The number of sulfone groups is 1. The monoisotopic (exact) mass is 372 g/mol. The third kappa shape index (κ3) is 4.71. The highest BCUT2D eigenvalue weighted by Crippen LogP contribution is 2.21. The first kappa shape index (κ1) is 18.6. The lowest BCUT2D eigenvalue weighted by Gasteiger charge is -2.32. The summed E-state index contributed by atoms with van der Waals surface area (Å²) in [5, 5.41) is 2.91. The number of anilines is 1. The average Bonchev–Trinajstić information content (AvgIpc) is 2.59. The standard InChI is InChI=1S/C20H24N2O3S/c1-15(22-11-10-17-7-3-4-8-18(17)13-22)20(23)21-19-9-5-6-16(12-19)14-26(2,24)25/h3-9,12,15H,10-11,13-14H2,1-2H3,(H,21,23). The van der Waals surface area contributed by atoms with Crippen LogP contribution in [0.1, 0.15) is 23.6 Å². The van der Waals surface area contributed by atoms with Gasteiger partial charge in [0.15, 0.2) is 9.84 Å². The van der Waals surface area contributed by atoms with Crippen LogP contribution in [-0.2, 0) is 33.4 Å². The smallest absolute Gasteiger partial charge is 0.241 e. The first-order chi connectivity index (χ1) is 12.3. The van der Waals surface area contributed by atoms with Crippen molar-refractivity contribution >= 4 is 21.4 Å². The summed E-state index contributed by atoms with van der Waals surface area (Å²) in [6.07, 6.45) is 2.15. The van der Waals surface area contributed by atoms with Crippen molar-refractivity contribution in [2.45, 2.75) is 31.7 Å². The van der Waals surface area contributed by atoms with Crippen molar-refractivity contribution in [2.24, 2.45) is 0 Å². The van der Waals surface area contributed by atoms with Crippen LogP contribution in [0.2, 0.25) is 0 Å². The van der Waals surface area contributed by atoms with Crippen molar-refractivity contribution in [1.29, 1.82) is 0 Å². The molecule has 0 bridgehead atoms. The maximum atomic E-state index is 12.6. The number of nitrogens with one attached hydrogen (secondary N) is 1. The lowest BCUT2D eigenvalue weighted by molar-refractivity contribution is -0.121. The maximum absolute atomic E-state index is 12.6. The molecular weight excluding hydrogens is 348 g/mol. The largest absolute Gasteiger partial charge is 0.325 e. The van der Waals surface area contributed by atoms with Crippen LogP contribution in [0.3, 0.4) is 0 Å². The second-order valence-corrected chi connectivity index (χ2v) is 9.07. The molecule has 6 heteroatoms. The molecular formula is C20H24N2O3S.